The summed E-state index contributed by atoms with van der Waals surface area (Å²) in [5.41, 5.74) is 2.92. The Morgan fingerprint density at radius 1 is 1.06 bits per heavy atom. The summed E-state index contributed by atoms with van der Waals surface area (Å²) in [6.45, 7) is 0. The van der Waals surface area contributed by atoms with E-state index in [4.69, 9.17) is 11.6 Å². The third-order valence-corrected chi connectivity index (χ3v) is 7.05. The Morgan fingerprint density at radius 2 is 1.87 bits per heavy atom. The maximum atomic E-state index is 12.4. The third kappa shape index (κ3) is 4.33. The fourth-order valence-electron chi connectivity index (χ4n) is 2.87. The number of thiazole rings is 1. The molecule has 0 aliphatic rings. The highest BCUT2D eigenvalue weighted by molar-refractivity contribution is 7.99. The zero-order valence-corrected chi connectivity index (χ0v) is 18.9. The van der Waals surface area contributed by atoms with Crippen LogP contribution in [-0.4, -0.2) is 35.6 Å². The van der Waals surface area contributed by atoms with E-state index < -0.39 is 0 Å². The predicted octanol–water partition coefficient (Wildman–Crippen LogP) is 5.36. The number of thioether (sulfide) groups is 1. The van der Waals surface area contributed by atoms with E-state index >= 15 is 0 Å². The van der Waals surface area contributed by atoms with Crippen LogP contribution in [0.15, 0.2) is 65.1 Å². The number of benzene rings is 2. The van der Waals surface area contributed by atoms with Gasteiger partial charge in [0, 0.05) is 16.0 Å². The third-order valence-electron chi connectivity index (χ3n) is 4.29. The molecule has 0 radical (unpaired) electrons. The van der Waals surface area contributed by atoms with E-state index in [1.807, 2.05) is 64.4 Å². The number of amides is 1. The Hall–Kier alpha value is -2.79. The van der Waals surface area contributed by atoms with E-state index in [1.165, 1.54) is 34.6 Å². The highest BCUT2D eigenvalue weighted by atomic mass is 35.5. The van der Waals surface area contributed by atoms with Crippen LogP contribution in [-0.2, 0) is 4.79 Å². The van der Waals surface area contributed by atoms with Crippen molar-refractivity contribution < 1.29 is 4.79 Å². The summed E-state index contributed by atoms with van der Waals surface area (Å²) >= 11 is 10.1. The van der Waals surface area contributed by atoms with Gasteiger partial charge in [-0.15, -0.1) is 21.5 Å². The van der Waals surface area contributed by atoms with Crippen molar-refractivity contribution in [3.05, 3.63) is 65.0 Å². The van der Waals surface area contributed by atoms with Crippen LogP contribution >= 0.6 is 46.2 Å². The molecule has 0 aliphatic heterocycles. The number of carbonyl (C=O) groups is 1. The second-order valence-corrected chi connectivity index (χ2v) is 9.32. The zero-order valence-electron chi connectivity index (χ0n) is 15.7. The first-order chi connectivity index (χ1) is 15.2. The molecule has 0 saturated heterocycles. The van der Waals surface area contributed by atoms with E-state index in [2.05, 4.69) is 24.9 Å². The van der Waals surface area contributed by atoms with E-state index in [1.54, 1.807) is 0 Å². The molecule has 5 rings (SSSR count). The minimum atomic E-state index is -0.206. The lowest BCUT2D eigenvalue weighted by molar-refractivity contribution is -0.113. The average molecular weight is 485 g/mol. The summed E-state index contributed by atoms with van der Waals surface area (Å²) in [5, 5.41) is 15.3. The van der Waals surface area contributed by atoms with Crippen molar-refractivity contribution in [3.8, 4) is 21.8 Å². The van der Waals surface area contributed by atoms with E-state index in [9.17, 15) is 4.79 Å². The largest absolute Gasteiger partial charge is 0.293 e. The predicted molar refractivity (Wildman–Crippen MR) is 126 cm³/mol. The molecule has 0 unspecified atom stereocenters. The van der Waals surface area contributed by atoms with Crippen molar-refractivity contribution in [2.45, 2.75) is 5.16 Å². The van der Waals surface area contributed by atoms with Gasteiger partial charge in [-0.3, -0.25) is 14.5 Å². The van der Waals surface area contributed by atoms with Crippen LogP contribution in [0.5, 0.6) is 0 Å². The van der Waals surface area contributed by atoms with Gasteiger partial charge in [-0.1, -0.05) is 65.8 Å². The summed E-state index contributed by atoms with van der Waals surface area (Å²) in [4.78, 5) is 17.6. The van der Waals surface area contributed by atoms with Crippen molar-refractivity contribution in [2.75, 3.05) is 11.1 Å². The summed E-state index contributed by atoms with van der Waals surface area (Å²) in [5.74, 6) is 0.261. The SMILES string of the molecule is O=C(CSc1nnc2scc(-c3ccc(Cl)cc3)n12)Nc1nsc(-c2ccccc2)n1. The zero-order chi connectivity index (χ0) is 21.2. The molecule has 1 amide bonds. The minimum Gasteiger partial charge on any atom is -0.293 e. The first kappa shape index (κ1) is 20.1. The Kier molecular flexibility index (Phi) is 5.68. The van der Waals surface area contributed by atoms with Gasteiger partial charge in [0.2, 0.25) is 16.8 Å². The molecule has 0 spiro atoms. The molecule has 3 aromatic heterocycles. The number of nitrogens with zero attached hydrogens (tertiary/aromatic N) is 5. The van der Waals surface area contributed by atoms with Crippen LogP contribution in [0.25, 0.3) is 26.8 Å². The number of nitrogens with one attached hydrogen (secondary N) is 1. The van der Waals surface area contributed by atoms with E-state index in [0.717, 1.165) is 26.8 Å². The fourth-order valence-corrected chi connectivity index (χ4v) is 5.27. The molecule has 1 N–H and O–H groups in total. The van der Waals surface area contributed by atoms with Gasteiger partial charge in [-0.05, 0) is 29.2 Å². The fraction of sp³-hybridized carbons (Fsp3) is 0.0500. The molecule has 5 aromatic rings. The summed E-state index contributed by atoms with van der Waals surface area (Å²) < 4.78 is 6.17. The van der Waals surface area contributed by atoms with Crippen LogP contribution in [0, 0.1) is 0 Å². The number of carbonyl (C=O) groups excluding carboxylic acids is 1. The van der Waals surface area contributed by atoms with Crippen LogP contribution < -0.4 is 5.32 Å². The van der Waals surface area contributed by atoms with Gasteiger partial charge >= 0.3 is 0 Å². The lowest BCUT2D eigenvalue weighted by atomic mass is 10.2. The van der Waals surface area contributed by atoms with Gasteiger partial charge in [0.1, 0.15) is 5.01 Å². The maximum absolute atomic E-state index is 12.4. The topological polar surface area (TPSA) is 85.1 Å². The van der Waals surface area contributed by atoms with Crippen molar-refractivity contribution in [3.63, 3.8) is 0 Å². The lowest BCUT2D eigenvalue weighted by Crippen LogP contribution is -2.15. The molecule has 2 aromatic carbocycles. The van der Waals surface area contributed by atoms with Gasteiger partial charge in [-0.2, -0.15) is 9.36 Å². The molecular weight excluding hydrogens is 472 g/mol. The molecular formula is C20H13ClN6OS3. The monoisotopic (exact) mass is 484 g/mol. The van der Waals surface area contributed by atoms with Gasteiger partial charge in [-0.25, -0.2) is 0 Å². The number of aromatic nitrogens is 5. The number of rotatable bonds is 6. The number of halogens is 1. The molecule has 11 heteroatoms. The minimum absolute atomic E-state index is 0.163. The molecule has 0 atom stereocenters. The Balaban J connectivity index is 1.28. The smallest absolute Gasteiger partial charge is 0.241 e. The normalized spacial score (nSPS) is 11.1. The van der Waals surface area contributed by atoms with Gasteiger partial charge < -0.3 is 0 Å². The van der Waals surface area contributed by atoms with Gasteiger partial charge in [0.05, 0.1) is 11.4 Å². The molecule has 7 nitrogen and oxygen atoms in total. The van der Waals surface area contributed by atoms with Crippen LogP contribution in [0.3, 0.4) is 0 Å². The van der Waals surface area contributed by atoms with Crippen molar-refractivity contribution in [1.29, 1.82) is 0 Å². The Morgan fingerprint density at radius 3 is 2.68 bits per heavy atom. The average Bonchev–Trinajstić information content (AvgIpc) is 3.51. The Labute approximate surface area is 194 Å². The van der Waals surface area contributed by atoms with Crippen LogP contribution in [0.1, 0.15) is 0 Å². The number of hydrogen-bond acceptors (Lipinski definition) is 8. The molecule has 3 heterocycles. The van der Waals surface area contributed by atoms with Gasteiger partial charge in [0.25, 0.3) is 0 Å². The van der Waals surface area contributed by atoms with Crippen molar-refractivity contribution >= 4 is 63.0 Å². The van der Waals surface area contributed by atoms with Crippen LogP contribution in [0.2, 0.25) is 5.02 Å². The van der Waals surface area contributed by atoms with Crippen molar-refractivity contribution in [1.82, 2.24) is 24.0 Å². The second kappa shape index (κ2) is 8.75. The van der Waals surface area contributed by atoms with Crippen LogP contribution in [0.4, 0.5) is 5.95 Å². The number of anilines is 1. The molecule has 0 saturated carbocycles. The highest BCUT2D eigenvalue weighted by Crippen LogP contribution is 2.30. The summed E-state index contributed by atoms with van der Waals surface area (Å²) in [7, 11) is 0. The quantitative estimate of drug-likeness (QED) is 0.326. The molecule has 0 bridgehead atoms. The first-order valence-corrected chi connectivity index (χ1v) is 12.1. The first-order valence-electron chi connectivity index (χ1n) is 9.08. The molecule has 0 fully saturated rings. The Bertz CT molecular complexity index is 1350. The second-order valence-electron chi connectivity index (χ2n) is 6.35. The van der Waals surface area contributed by atoms with Gasteiger partial charge in [0.15, 0.2) is 5.16 Å². The summed E-state index contributed by atoms with van der Waals surface area (Å²) in [6.07, 6.45) is 0. The molecule has 0 aliphatic carbocycles. The summed E-state index contributed by atoms with van der Waals surface area (Å²) in [6, 6.07) is 17.3. The van der Waals surface area contributed by atoms with E-state index in [-0.39, 0.29) is 11.7 Å². The van der Waals surface area contributed by atoms with E-state index in [0.29, 0.717) is 16.1 Å². The lowest BCUT2D eigenvalue weighted by Gasteiger charge is -2.03. The highest BCUT2D eigenvalue weighted by Gasteiger charge is 2.16. The number of hydrogen-bond donors (Lipinski definition) is 1. The standard InChI is InChI=1S/C20H13ClN6OS3/c21-14-8-6-12(7-9-14)15-10-29-19-24-25-20(27(15)19)30-11-16(28)22-18-23-17(31-26-18)13-4-2-1-3-5-13/h1-10H,11H2,(H,22,26,28). The number of fused-ring (bicyclic) bond motifs is 1. The van der Waals surface area contributed by atoms with Crippen molar-refractivity contribution in [2.24, 2.45) is 0 Å². The maximum Gasteiger partial charge on any atom is 0.241 e. The molecule has 154 valence electrons. The molecule has 31 heavy (non-hydrogen) atoms.